The molecule has 1 aromatic carbocycles. The van der Waals surface area contributed by atoms with Crippen molar-refractivity contribution in [1.29, 1.82) is 0 Å². The Hall–Kier alpha value is -1.84. The van der Waals surface area contributed by atoms with Crippen LogP contribution in [-0.2, 0) is 16.0 Å². The molecule has 4 fully saturated rings. The lowest BCUT2D eigenvalue weighted by molar-refractivity contribution is -0.131. The molecular weight excluding hydrogens is 336 g/mol. The van der Waals surface area contributed by atoms with Gasteiger partial charge in [-0.3, -0.25) is 9.59 Å². The third-order valence-corrected chi connectivity index (χ3v) is 6.95. The number of amides is 2. The summed E-state index contributed by atoms with van der Waals surface area (Å²) in [7, 11) is 0. The maximum Gasteiger partial charge on any atom is 0.239 e. The Kier molecular flexibility index (Phi) is 5.51. The summed E-state index contributed by atoms with van der Waals surface area (Å²) >= 11 is 0. The fourth-order valence-electron chi connectivity index (χ4n) is 6.32. The minimum atomic E-state index is -0.0816. The lowest BCUT2D eigenvalue weighted by atomic mass is 9.49. The SMILES string of the molecule is O=C(CNC(=O)CC12CC3CC(CC(C3)C1)C2)NCCCc1ccccc1. The molecular formula is C23H32N2O2. The Morgan fingerprint density at radius 2 is 1.52 bits per heavy atom. The first-order chi connectivity index (χ1) is 13.1. The van der Waals surface area contributed by atoms with Crippen molar-refractivity contribution in [3.63, 3.8) is 0 Å². The maximum atomic E-state index is 12.5. The summed E-state index contributed by atoms with van der Waals surface area (Å²) in [5.41, 5.74) is 1.53. The van der Waals surface area contributed by atoms with E-state index in [-0.39, 0.29) is 23.8 Å². The van der Waals surface area contributed by atoms with E-state index < -0.39 is 0 Å². The van der Waals surface area contributed by atoms with Crippen LogP contribution in [0.3, 0.4) is 0 Å². The summed E-state index contributed by atoms with van der Waals surface area (Å²) in [6.07, 6.45) is 10.4. The molecule has 146 valence electrons. The Morgan fingerprint density at radius 1 is 0.889 bits per heavy atom. The van der Waals surface area contributed by atoms with Crippen molar-refractivity contribution in [2.45, 2.75) is 57.8 Å². The zero-order valence-corrected chi connectivity index (χ0v) is 16.2. The third kappa shape index (κ3) is 4.72. The largest absolute Gasteiger partial charge is 0.355 e. The van der Waals surface area contributed by atoms with Crippen LogP contribution in [0.1, 0.15) is 56.9 Å². The topological polar surface area (TPSA) is 58.2 Å². The Labute approximate surface area is 162 Å². The molecule has 2 N–H and O–H groups in total. The molecule has 0 atom stereocenters. The van der Waals surface area contributed by atoms with Crippen LogP contribution in [0, 0.1) is 23.2 Å². The van der Waals surface area contributed by atoms with Crippen molar-refractivity contribution >= 4 is 11.8 Å². The predicted molar refractivity (Wildman–Crippen MR) is 106 cm³/mol. The van der Waals surface area contributed by atoms with Gasteiger partial charge in [-0.1, -0.05) is 30.3 Å². The minimum absolute atomic E-state index is 0.0661. The molecule has 4 nitrogen and oxygen atoms in total. The normalized spacial score (nSPS) is 30.9. The highest BCUT2D eigenvalue weighted by atomic mass is 16.2. The molecule has 0 radical (unpaired) electrons. The Balaban J connectivity index is 1.14. The monoisotopic (exact) mass is 368 g/mol. The minimum Gasteiger partial charge on any atom is -0.355 e. The van der Waals surface area contributed by atoms with Gasteiger partial charge in [0.2, 0.25) is 11.8 Å². The summed E-state index contributed by atoms with van der Waals surface area (Å²) in [4.78, 5) is 24.5. The number of aryl methyl sites for hydroxylation is 1. The molecule has 0 spiro atoms. The first-order valence-corrected chi connectivity index (χ1v) is 10.7. The fraction of sp³-hybridized carbons (Fsp3) is 0.652. The zero-order valence-electron chi connectivity index (χ0n) is 16.2. The number of rotatable bonds is 8. The quantitative estimate of drug-likeness (QED) is 0.691. The van der Waals surface area contributed by atoms with Gasteiger partial charge in [-0.15, -0.1) is 0 Å². The van der Waals surface area contributed by atoms with Gasteiger partial charge in [-0.2, -0.15) is 0 Å². The molecule has 4 bridgehead atoms. The second-order valence-corrected chi connectivity index (χ2v) is 9.31. The van der Waals surface area contributed by atoms with Crippen LogP contribution < -0.4 is 10.6 Å². The van der Waals surface area contributed by atoms with E-state index in [4.69, 9.17) is 0 Å². The zero-order chi connectivity index (χ0) is 18.7. The van der Waals surface area contributed by atoms with E-state index in [0.717, 1.165) is 30.6 Å². The highest BCUT2D eigenvalue weighted by Gasteiger charge is 2.51. The number of carbonyl (C=O) groups is 2. The van der Waals surface area contributed by atoms with Crippen LogP contribution in [0.2, 0.25) is 0 Å². The molecule has 27 heavy (non-hydrogen) atoms. The van der Waals surface area contributed by atoms with Crippen LogP contribution in [0.5, 0.6) is 0 Å². The van der Waals surface area contributed by atoms with Gasteiger partial charge in [0.25, 0.3) is 0 Å². The number of carbonyl (C=O) groups excluding carboxylic acids is 2. The highest BCUT2D eigenvalue weighted by molar-refractivity contribution is 5.84. The van der Waals surface area contributed by atoms with Crippen molar-refractivity contribution in [2.24, 2.45) is 23.2 Å². The summed E-state index contributed by atoms with van der Waals surface area (Å²) in [6, 6.07) is 10.3. The van der Waals surface area contributed by atoms with Crippen LogP contribution in [0.15, 0.2) is 30.3 Å². The second-order valence-electron chi connectivity index (χ2n) is 9.31. The van der Waals surface area contributed by atoms with Gasteiger partial charge in [0.15, 0.2) is 0 Å². The van der Waals surface area contributed by atoms with Gasteiger partial charge >= 0.3 is 0 Å². The van der Waals surface area contributed by atoms with Crippen LogP contribution >= 0.6 is 0 Å². The summed E-state index contributed by atoms with van der Waals surface area (Å²) < 4.78 is 0. The van der Waals surface area contributed by atoms with Crippen molar-refractivity contribution in [2.75, 3.05) is 13.1 Å². The molecule has 0 aliphatic heterocycles. The van der Waals surface area contributed by atoms with Gasteiger partial charge in [0.1, 0.15) is 0 Å². The highest BCUT2D eigenvalue weighted by Crippen LogP contribution is 2.61. The van der Waals surface area contributed by atoms with Crippen LogP contribution in [0.25, 0.3) is 0 Å². The molecule has 0 unspecified atom stereocenters. The average Bonchev–Trinajstić information content (AvgIpc) is 2.63. The van der Waals surface area contributed by atoms with Gasteiger partial charge in [0, 0.05) is 13.0 Å². The van der Waals surface area contributed by atoms with E-state index >= 15 is 0 Å². The van der Waals surface area contributed by atoms with Gasteiger partial charge in [-0.05, 0) is 80.1 Å². The Bertz CT molecular complexity index is 635. The smallest absolute Gasteiger partial charge is 0.239 e. The molecule has 4 heteroatoms. The second kappa shape index (κ2) is 8.04. The molecule has 5 rings (SSSR count). The van der Waals surface area contributed by atoms with Gasteiger partial charge < -0.3 is 10.6 Å². The van der Waals surface area contributed by atoms with Crippen LogP contribution in [-0.4, -0.2) is 24.9 Å². The molecule has 0 saturated heterocycles. The van der Waals surface area contributed by atoms with Crippen LogP contribution in [0.4, 0.5) is 0 Å². The molecule has 2 amide bonds. The summed E-state index contributed by atoms with van der Waals surface area (Å²) in [6.45, 7) is 0.759. The molecule has 4 saturated carbocycles. The van der Waals surface area contributed by atoms with Crippen molar-refractivity contribution in [3.05, 3.63) is 35.9 Å². The molecule has 4 aliphatic carbocycles. The average molecular weight is 369 g/mol. The van der Waals surface area contributed by atoms with E-state index in [1.54, 1.807) is 0 Å². The van der Waals surface area contributed by atoms with E-state index in [1.165, 1.54) is 44.1 Å². The van der Waals surface area contributed by atoms with Crippen molar-refractivity contribution < 1.29 is 9.59 Å². The van der Waals surface area contributed by atoms with Gasteiger partial charge in [0.05, 0.1) is 6.54 Å². The fourth-order valence-corrected chi connectivity index (χ4v) is 6.32. The molecule has 0 aromatic heterocycles. The summed E-state index contributed by atoms with van der Waals surface area (Å²) in [5, 5.41) is 5.78. The van der Waals surface area contributed by atoms with E-state index in [0.29, 0.717) is 13.0 Å². The Morgan fingerprint density at radius 3 is 2.15 bits per heavy atom. The lowest BCUT2D eigenvalue weighted by Crippen LogP contribution is -2.48. The first kappa shape index (κ1) is 18.5. The van der Waals surface area contributed by atoms with E-state index in [1.807, 2.05) is 18.2 Å². The molecule has 1 aromatic rings. The van der Waals surface area contributed by atoms with Gasteiger partial charge in [-0.25, -0.2) is 0 Å². The number of hydrogen-bond acceptors (Lipinski definition) is 2. The first-order valence-electron chi connectivity index (χ1n) is 10.7. The predicted octanol–water partition coefficient (Wildman–Crippen LogP) is 3.46. The van der Waals surface area contributed by atoms with E-state index in [2.05, 4.69) is 22.8 Å². The standard InChI is InChI=1S/C23H32N2O2/c26-21(15-23-12-18-9-19(13-23)11-20(10-18)14-23)25-16-22(27)24-8-4-7-17-5-2-1-3-6-17/h1-3,5-6,18-20H,4,7-16H2,(H,24,27)(H,25,26). The molecule has 4 aliphatic rings. The summed E-state index contributed by atoms with van der Waals surface area (Å²) in [5.74, 6) is 2.56. The lowest BCUT2D eigenvalue weighted by Gasteiger charge is -2.56. The number of benzene rings is 1. The van der Waals surface area contributed by atoms with Crippen molar-refractivity contribution in [1.82, 2.24) is 10.6 Å². The number of hydrogen-bond donors (Lipinski definition) is 2. The maximum absolute atomic E-state index is 12.5. The van der Waals surface area contributed by atoms with Crippen molar-refractivity contribution in [3.8, 4) is 0 Å². The third-order valence-electron chi connectivity index (χ3n) is 6.95. The van der Waals surface area contributed by atoms with E-state index in [9.17, 15) is 9.59 Å². The number of nitrogens with one attached hydrogen (secondary N) is 2. The molecule has 0 heterocycles.